The summed E-state index contributed by atoms with van der Waals surface area (Å²) in [6.45, 7) is 0.662. The second kappa shape index (κ2) is 7.28. The molecule has 5 rings (SSSR count). The summed E-state index contributed by atoms with van der Waals surface area (Å²) in [5, 5.41) is 5.85. The Labute approximate surface area is 168 Å². The van der Waals surface area contributed by atoms with Crippen LogP contribution >= 0.6 is 0 Å². The van der Waals surface area contributed by atoms with Gasteiger partial charge in [0.25, 0.3) is 0 Å². The Morgan fingerprint density at radius 2 is 1.76 bits per heavy atom. The molecule has 0 spiro atoms. The van der Waals surface area contributed by atoms with Crippen molar-refractivity contribution in [2.24, 2.45) is 0 Å². The molecule has 0 saturated carbocycles. The van der Waals surface area contributed by atoms with E-state index in [1.807, 2.05) is 36.7 Å². The number of benzene rings is 3. The molecule has 0 aliphatic heterocycles. The van der Waals surface area contributed by atoms with Crippen LogP contribution in [0.4, 0.5) is 5.82 Å². The number of rotatable bonds is 5. The molecule has 5 aromatic rings. The van der Waals surface area contributed by atoms with Crippen molar-refractivity contribution in [1.29, 1.82) is 0 Å². The molecule has 2 heterocycles. The SMILES string of the molecule is COc1ccc(CNc2nccn3c(-c4ccc5ccccc5c4)cnc23)cc1. The number of hydrogen-bond donors (Lipinski definition) is 1. The number of anilines is 1. The molecule has 0 radical (unpaired) electrons. The van der Waals surface area contributed by atoms with Gasteiger partial charge in [-0.25, -0.2) is 9.97 Å². The molecule has 3 aromatic carbocycles. The zero-order valence-electron chi connectivity index (χ0n) is 16.0. The number of fused-ring (bicyclic) bond motifs is 2. The van der Waals surface area contributed by atoms with Crippen LogP contribution in [0.25, 0.3) is 27.7 Å². The van der Waals surface area contributed by atoms with Crippen LogP contribution < -0.4 is 10.1 Å². The van der Waals surface area contributed by atoms with Crippen molar-refractivity contribution in [3.8, 4) is 17.0 Å². The molecule has 29 heavy (non-hydrogen) atoms. The highest BCUT2D eigenvalue weighted by atomic mass is 16.5. The summed E-state index contributed by atoms with van der Waals surface area (Å²) in [5.41, 5.74) is 4.13. The first-order valence-electron chi connectivity index (χ1n) is 9.50. The summed E-state index contributed by atoms with van der Waals surface area (Å²) >= 11 is 0. The van der Waals surface area contributed by atoms with Gasteiger partial charge in [-0.1, -0.05) is 48.5 Å². The fourth-order valence-electron chi connectivity index (χ4n) is 3.54. The van der Waals surface area contributed by atoms with Gasteiger partial charge < -0.3 is 10.1 Å². The zero-order chi connectivity index (χ0) is 19.6. The van der Waals surface area contributed by atoms with Crippen LogP contribution in [0.15, 0.2) is 85.3 Å². The van der Waals surface area contributed by atoms with Gasteiger partial charge in [0.1, 0.15) is 5.75 Å². The van der Waals surface area contributed by atoms with Gasteiger partial charge in [0.05, 0.1) is 19.0 Å². The molecule has 0 atom stereocenters. The quantitative estimate of drug-likeness (QED) is 0.457. The smallest absolute Gasteiger partial charge is 0.180 e. The van der Waals surface area contributed by atoms with Gasteiger partial charge in [0.2, 0.25) is 0 Å². The molecular weight excluding hydrogens is 360 g/mol. The van der Waals surface area contributed by atoms with Crippen molar-refractivity contribution in [2.75, 3.05) is 12.4 Å². The summed E-state index contributed by atoms with van der Waals surface area (Å²) in [7, 11) is 1.67. The van der Waals surface area contributed by atoms with Crippen LogP contribution in [0, 0.1) is 0 Å². The minimum absolute atomic E-state index is 0.662. The third-order valence-corrected chi connectivity index (χ3v) is 5.09. The lowest BCUT2D eigenvalue weighted by molar-refractivity contribution is 0.414. The Hall–Kier alpha value is -3.86. The third kappa shape index (κ3) is 3.27. The van der Waals surface area contributed by atoms with Crippen molar-refractivity contribution in [2.45, 2.75) is 6.54 Å². The van der Waals surface area contributed by atoms with Gasteiger partial charge in [-0.05, 0) is 34.5 Å². The topological polar surface area (TPSA) is 51.5 Å². The average molecular weight is 380 g/mol. The van der Waals surface area contributed by atoms with Crippen LogP contribution in [0.2, 0.25) is 0 Å². The van der Waals surface area contributed by atoms with Crippen LogP contribution in [-0.2, 0) is 6.54 Å². The summed E-state index contributed by atoms with van der Waals surface area (Å²) in [6.07, 6.45) is 5.65. The van der Waals surface area contributed by atoms with Gasteiger partial charge >= 0.3 is 0 Å². The van der Waals surface area contributed by atoms with E-state index in [9.17, 15) is 0 Å². The molecule has 1 N–H and O–H groups in total. The van der Waals surface area contributed by atoms with Gasteiger partial charge in [0, 0.05) is 24.5 Å². The van der Waals surface area contributed by atoms with Crippen molar-refractivity contribution < 1.29 is 4.74 Å². The van der Waals surface area contributed by atoms with Crippen molar-refractivity contribution in [3.63, 3.8) is 0 Å². The Kier molecular flexibility index (Phi) is 4.33. The van der Waals surface area contributed by atoms with E-state index >= 15 is 0 Å². The molecule has 0 amide bonds. The van der Waals surface area contributed by atoms with Gasteiger partial charge in [-0.3, -0.25) is 4.40 Å². The number of imidazole rings is 1. The maximum atomic E-state index is 5.22. The number of nitrogens with one attached hydrogen (secondary N) is 1. The lowest BCUT2D eigenvalue weighted by Crippen LogP contribution is -2.04. The molecule has 142 valence electrons. The number of methoxy groups -OCH3 is 1. The maximum Gasteiger partial charge on any atom is 0.180 e. The van der Waals surface area contributed by atoms with Crippen molar-refractivity contribution in [3.05, 3.63) is 90.9 Å². The van der Waals surface area contributed by atoms with E-state index in [0.717, 1.165) is 34.0 Å². The minimum Gasteiger partial charge on any atom is -0.497 e. The maximum absolute atomic E-state index is 5.22. The summed E-state index contributed by atoms with van der Waals surface area (Å²) in [4.78, 5) is 9.13. The molecule has 0 aliphatic carbocycles. The lowest BCUT2D eigenvalue weighted by atomic mass is 10.1. The Morgan fingerprint density at radius 1 is 0.931 bits per heavy atom. The van der Waals surface area contributed by atoms with Crippen LogP contribution in [0.3, 0.4) is 0 Å². The summed E-state index contributed by atoms with van der Waals surface area (Å²) < 4.78 is 7.29. The Bertz CT molecular complexity index is 1290. The van der Waals surface area contributed by atoms with Crippen LogP contribution in [0.5, 0.6) is 5.75 Å². The standard InChI is InChI=1S/C24H20N4O/c1-29-21-10-6-17(7-11-21)15-26-23-24-27-16-22(28(24)13-12-25-23)20-9-8-18-4-2-3-5-19(18)14-20/h2-14,16H,15H2,1H3,(H,25,26). The second-order valence-electron chi connectivity index (χ2n) is 6.88. The van der Waals surface area contributed by atoms with Crippen LogP contribution in [-0.4, -0.2) is 21.5 Å². The first-order valence-corrected chi connectivity index (χ1v) is 9.50. The largest absolute Gasteiger partial charge is 0.497 e. The molecule has 0 saturated heterocycles. The highest BCUT2D eigenvalue weighted by Crippen LogP contribution is 2.27. The number of hydrogen-bond acceptors (Lipinski definition) is 4. The van der Waals surface area contributed by atoms with E-state index in [0.29, 0.717) is 6.54 Å². The normalized spacial score (nSPS) is 11.1. The van der Waals surface area contributed by atoms with Crippen LogP contribution in [0.1, 0.15) is 5.56 Å². The fraction of sp³-hybridized carbons (Fsp3) is 0.0833. The van der Waals surface area contributed by atoms with E-state index < -0.39 is 0 Å². The Morgan fingerprint density at radius 3 is 2.59 bits per heavy atom. The fourth-order valence-corrected chi connectivity index (χ4v) is 3.54. The van der Waals surface area contributed by atoms with Crippen molar-refractivity contribution in [1.82, 2.24) is 14.4 Å². The highest BCUT2D eigenvalue weighted by Gasteiger charge is 2.11. The van der Waals surface area contributed by atoms with E-state index in [1.165, 1.54) is 10.8 Å². The summed E-state index contributed by atoms with van der Waals surface area (Å²) in [6, 6.07) is 22.8. The van der Waals surface area contributed by atoms with Gasteiger partial charge in [-0.2, -0.15) is 0 Å². The molecular formula is C24H20N4O. The molecule has 0 aliphatic rings. The van der Waals surface area contributed by atoms with Crippen molar-refractivity contribution >= 4 is 22.2 Å². The molecule has 0 bridgehead atoms. The van der Waals surface area contributed by atoms with E-state index in [1.54, 1.807) is 13.3 Å². The number of aromatic nitrogens is 3. The van der Waals surface area contributed by atoms with E-state index in [4.69, 9.17) is 4.74 Å². The molecule has 0 fully saturated rings. The van der Waals surface area contributed by atoms with E-state index in [-0.39, 0.29) is 0 Å². The molecule has 5 nitrogen and oxygen atoms in total. The highest BCUT2D eigenvalue weighted by molar-refractivity contribution is 5.87. The van der Waals surface area contributed by atoms with Gasteiger partial charge in [0.15, 0.2) is 11.5 Å². The van der Waals surface area contributed by atoms with Gasteiger partial charge in [-0.15, -0.1) is 0 Å². The molecule has 0 unspecified atom stereocenters. The monoisotopic (exact) mass is 380 g/mol. The first kappa shape index (κ1) is 17.3. The second-order valence-corrected chi connectivity index (χ2v) is 6.88. The minimum atomic E-state index is 0.662. The first-order chi connectivity index (χ1) is 14.3. The molecule has 5 heteroatoms. The number of nitrogens with zero attached hydrogens (tertiary/aromatic N) is 3. The zero-order valence-corrected chi connectivity index (χ0v) is 16.0. The lowest BCUT2D eigenvalue weighted by Gasteiger charge is -2.09. The number of ether oxygens (including phenoxy) is 1. The predicted octanol–water partition coefficient (Wildman–Crippen LogP) is 5.17. The average Bonchev–Trinajstić information content (AvgIpc) is 3.22. The summed E-state index contributed by atoms with van der Waals surface area (Å²) in [5.74, 6) is 1.61. The van der Waals surface area contributed by atoms with E-state index in [2.05, 4.69) is 62.2 Å². The Balaban J connectivity index is 1.46. The third-order valence-electron chi connectivity index (χ3n) is 5.09. The molecule has 2 aromatic heterocycles. The predicted molar refractivity (Wildman–Crippen MR) is 116 cm³/mol.